The lowest BCUT2D eigenvalue weighted by Gasteiger charge is -2.38. The second-order valence-corrected chi connectivity index (χ2v) is 7.43. The van der Waals surface area contributed by atoms with E-state index in [-0.39, 0.29) is 18.1 Å². The highest BCUT2D eigenvalue weighted by Crippen LogP contribution is 2.28. The van der Waals surface area contributed by atoms with Crippen LogP contribution in [0.25, 0.3) is 10.8 Å². The van der Waals surface area contributed by atoms with E-state index in [0.29, 0.717) is 23.7 Å². The maximum Gasteiger partial charge on any atom is 0.265 e. The average Bonchev–Trinajstić information content (AvgIpc) is 3.35. The van der Waals surface area contributed by atoms with Gasteiger partial charge in [-0.1, -0.05) is 0 Å². The van der Waals surface area contributed by atoms with Gasteiger partial charge in [0.15, 0.2) is 10.8 Å². The second kappa shape index (κ2) is 6.66. The van der Waals surface area contributed by atoms with Crippen LogP contribution in [0.15, 0.2) is 29.0 Å². The Morgan fingerprint density at radius 3 is 2.79 bits per heavy atom. The number of piperazine rings is 1. The molecule has 24 heavy (non-hydrogen) atoms. The van der Waals surface area contributed by atoms with Crippen molar-refractivity contribution in [2.45, 2.75) is 31.4 Å². The summed E-state index contributed by atoms with van der Waals surface area (Å²) in [7, 11) is 0. The van der Waals surface area contributed by atoms with Gasteiger partial charge in [-0.3, -0.25) is 9.69 Å². The summed E-state index contributed by atoms with van der Waals surface area (Å²) in [6.45, 7) is 3.07. The molecule has 2 aromatic rings. The van der Waals surface area contributed by atoms with Crippen molar-refractivity contribution < 1.29 is 14.3 Å². The van der Waals surface area contributed by atoms with Crippen LogP contribution in [-0.2, 0) is 0 Å². The van der Waals surface area contributed by atoms with E-state index in [4.69, 9.17) is 4.42 Å². The first kappa shape index (κ1) is 15.8. The van der Waals surface area contributed by atoms with E-state index in [1.165, 1.54) is 11.3 Å². The SMILES string of the molecule is O=C(c1cnc(-c2ccco2)s1)N1CCN([C@H]2CCC[C@@H]2O)CC1. The molecule has 128 valence electrons. The number of amides is 1. The van der Waals surface area contributed by atoms with E-state index in [9.17, 15) is 9.90 Å². The molecule has 4 rings (SSSR count). The summed E-state index contributed by atoms with van der Waals surface area (Å²) in [6.07, 6.45) is 6.11. The summed E-state index contributed by atoms with van der Waals surface area (Å²) in [5.74, 6) is 0.732. The first-order valence-corrected chi connectivity index (χ1v) is 9.25. The monoisotopic (exact) mass is 347 g/mol. The molecule has 1 saturated heterocycles. The van der Waals surface area contributed by atoms with Gasteiger partial charge >= 0.3 is 0 Å². The van der Waals surface area contributed by atoms with E-state index in [0.717, 1.165) is 37.4 Å². The van der Waals surface area contributed by atoms with Crippen molar-refractivity contribution >= 4 is 17.2 Å². The molecule has 1 saturated carbocycles. The number of nitrogens with zero attached hydrogens (tertiary/aromatic N) is 3. The van der Waals surface area contributed by atoms with Crippen molar-refractivity contribution in [3.05, 3.63) is 29.5 Å². The van der Waals surface area contributed by atoms with Crippen LogP contribution >= 0.6 is 11.3 Å². The molecule has 0 unspecified atom stereocenters. The minimum absolute atomic E-state index is 0.0388. The number of furan rings is 1. The minimum atomic E-state index is -0.204. The van der Waals surface area contributed by atoms with Gasteiger partial charge in [0.2, 0.25) is 0 Å². The molecule has 2 atom stereocenters. The van der Waals surface area contributed by atoms with Crippen molar-refractivity contribution in [2.24, 2.45) is 0 Å². The van der Waals surface area contributed by atoms with Crippen LogP contribution in [0.1, 0.15) is 28.9 Å². The summed E-state index contributed by atoms with van der Waals surface area (Å²) < 4.78 is 5.33. The molecule has 1 amide bonds. The van der Waals surface area contributed by atoms with Gasteiger partial charge in [-0.2, -0.15) is 0 Å². The normalized spacial score (nSPS) is 25.3. The second-order valence-electron chi connectivity index (χ2n) is 6.40. The van der Waals surface area contributed by atoms with Crippen molar-refractivity contribution in [3.63, 3.8) is 0 Å². The Bertz CT molecular complexity index is 692. The van der Waals surface area contributed by atoms with Crippen LogP contribution < -0.4 is 0 Å². The molecule has 2 aliphatic rings. The Hall–Kier alpha value is -1.70. The van der Waals surface area contributed by atoms with Gasteiger partial charge in [-0.15, -0.1) is 11.3 Å². The molecular formula is C17H21N3O3S. The lowest BCUT2D eigenvalue weighted by molar-refractivity contribution is 0.0317. The highest BCUT2D eigenvalue weighted by atomic mass is 32.1. The molecule has 6 nitrogen and oxygen atoms in total. The topological polar surface area (TPSA) is 69.8 Å². The summed E-state index contributed by atoms with van der Waals surface area (Å²) in [5, 5.41) is 10.8. The maximum absolute atomic E-state index is 12.7. The van der Waals surface area contributed by atoms with Crippen LogP contribution in [-0.4, -0.2) is 64.1 Å². The van der Waals surface area contributed by atoms with Crippen LogP contribution in [0, 0.1) is 0 Å². The third-order valence-electron chi connectivity index (χ3n) is 4.96. The lowest BCUT2D eigenvalue weighted by atomic mass is 10.1. The van der Waals surface area contributed by atoms with Gasteiger partial charge in [0.25, 0.3) is 5.91 Å². The molecule has 0 radical (unpaired) electrons. The summed E-state index contributed by atoms with van der Waals surface area (Å²) in [4.78, 5) is 21.8. The predicted molar refractivity (Wildman–Crippen MR) is 90.9 cm³/mol. The van der Waals surface area contributed by atoms with Crippen molar-refractivity contribution in [1.82, 2.24) is 14.8 Å². The number of carbonyl (C=O) groups excluding carboxylic acids is 1. The first-order chi connectivity index (χ1) is 11.7. The van der Waals surface area contributed by atoms with Crippen LogP contribution in [0.3, 0.4) is 0 Å². The standard InChI is InChI=1S/C17H21N3O3S/c21-13-4-1-3-12(13)19-6-8-20(9-7-19)17(22)15-11-18-16(24-15)14-5-2-10-23-14/h2,5,10-13,21H,1,3-4,6-9H2/t12-,13-/m0/s1. The number of rotatable bonds is 3. The van der Waals surface area contributed by atoms with Crippen molar-refractivity contribution in [3.8, 4) is 10.8 Å². The third-order valence-corrected chi connectivity index (χ3v) is 5.96. The van der Waals surface area contributed by atoms with Crippen LogP contribution in [0.5, 0.6) is 0 Å². The highest BCUT2D eigenvalue weighted by Gasteiger charge is 2.33. The van der Waals surface area contributed by atoms with Crippen LogP contribution in [0.4, 0.5) is 0 Å². The Labute approximate surface area is 144 Å². The summed E-state index contributed by atoms with van der Waals surface area (Å²) >= 11 is 1.37. The fourth-order valence-corrected chi connectivity index (χ4v) is 4.50. The fourth-order valence-electron chi connectivity index (χ4n) is 3.65. The van der Waals surface area contributed by atoms with E-state index in [2.05, 4.69) is 9.88 Å². The minimum Gasteiger partial charge on any atom is -0.462 e. The quantitative estimate of drug-likeness (QED) is 0.920. The number of aliphatic hydroxyl groups excluding tert-OH is 1. The fraction of sp³-hybridized carbons (Fsp3) is 0.529. The maximum atomic E-state index is 12.7. The van der Waals surface area contributed by atoms with Gasteiger partial charge < -0.3 is 14.4 Å². The zero-order chi connectivity index (χ0) is 16.5. The summed E-state index contributed by atoms with van der Waals surface area (Å²) in [5.41, 5.74) is 0. The smallest absolute Gasteiger partial charge is 0.265 e. The number of aromatic nitrogens is 1. The predicted octanol–water partition coefficient (Wildman–Crippen LogP) is 2.07. The summed E-state index contributed by atoms with van der Waals surface area (Å²) in [6, 6.07) is 3.93. The van der Waals surface area contributed by atoms with E-state index in [1.807, 2.05) is 17.0 Å². The number of thiazole rings is 1. The molecule has 1 aliphatic carbocycles. The van der Waals surface area contributed by atoms with Gasteiger partial charge in [0.1, 0.15) is 4.88 Å². The molecular weight excluding hydrogens is 326 g/mol. The molecule has 2 aromatic heterocycles. The molecule has 0 aromatic carbocycles. The zero-order valence-electron chi connectivity index (χ0n) is 13.4. The molecule has 1 aliphatic heterocycles. The molecule has 1 N–H and O–H groups in total. The molecule has 0 bridgehead atoms. The van der Waals surface area contributed by atoms with Crippen molar-refractivity contribution in [1.29, 1.82) is 0 Å². The Morgan fingerprint density at radius 1 is 1.29 bits per heavy atom. The largest absolute Gasteiger partial charge is 0.462 e. The van der Waals surface area contributed by atoms with Crippen LogP contribution in [0.2, 0.25) is 0 Å². The molecule has 2 fully saturated rings. The molecule has 3 heterocycles. The Morgan fingerprint density at radius 2 is 2.12 bits per heavy atom. The highest BCUT2D eigenvalue weighted by molar-refractivity contribution is 7.16. The lowest BCUT2D eigenvalue weighted by Crippen LogP contribution is -2.53. The Balaban J connectivity index is 1.38. The van der Waals surface area contributed by atoms with E-state index < -0.39 is 0 Å². The Kier molecular flexibility index (Phi) is 4.39. The molecule has 7 heteroatoms. The average molecular weight is 347 g/mol. The number of carbonyl (C=O) groups is 1. The van der Waals surface area contributed by atoms with E-state index >= 15 is 0 Å². The number of hydrogen-bond acceptors (Lipinski definition) is 6. The number of hydrogen-bond donors (Lipinski definition) is 1. The number of aliphatic hydroxyl groups is 1. The zero-order valence-corrected chi connectivity index (χ0v) is 14.2. The first-order valence-electron chi connectivity index (χ1n) is 8.43. The van der Waals surface area contributed by atoms with E-state index in [1.54, 1.807) is 12.5 Å². The van der Waals surface area contributed by atoms with Gasteiger partial charge in [-0.25, -0.2) is 4.98 Å². The van der Waals surface area contributed by atoms with Gasteiger partial charge in [0.05, 0.1) is 18.6 Å². The van der Waals surface area contributed by atoms with Crippen molar-refractivity contribution in [2.75, 3.05) is 26.2 Å². The third kappa shape index (κ3) is 2.99. The molecule has 0 spiro atoms. The van der Waals surface area contributed by atoms with Gasteiger partial charge in [0, 0.05) is 32.2 Å². The van der Waals surface area contributed by atoms with Gasteiger partial charge in [-0.05, 0) is 31.4 Å².